The van der Waals surface area contributed by atoms with Gasteiger partial charge < -0.3 is 29.3 Å². The number of carboxylic acid groups (broad SMARTS) is 2. The van der Waals surface area contributed by atoms with Crippen LogP contribution in [0.15, 0.2) is 36.4 Å². The Kier molecular flexibility index (Phi) is 10.1. The van der Waals surface area contributed by atoms with Gasteiger partial charge in [0.25, 0.3) is 0 Å². The minimum absolute atomic E-state index is 0. The Morgan fingerprint density at radius 3 is 1.36 bits per heavy atom. The summed E-state index contributed by atoms with van der Waals surface area (Å²) in [6.07, 6.45) is 0. The van der Waals surface area contributed by atoms with Gasteiger partial charge in [0.2, 0.25) is 0 Å². The van der Waals surface area contributed by atoms with Crippen LogP contribution in [-0.2, 0) is 19.5 Å². The van der Waals surface area contributed by atoms with E-state index in [0.717, 1.165) is 0 Å². The molecule has 0 saturated heterocycles. The molecule has 0 aliphatic heterocycles. The summed E-state index contributed by atoms with van der Waals surface area (Å²) in [5.74, 6) is -2.13. The summed E-state index contributed by atoms with van der Waals surface area (Å²) in [6, 6.07) is 8.47. The summed E-state index contributed by atoms with van der Waals surface area (Å²) < 4.78 is 9.56. The molecular formula is C16H12Cl2O6Ru. The zero-order valence-electron chi connectivity index (χ0n) is 13.0. The van der Waals surface area contributed by atoms with Crippen molar-refractivity contribution >= 4 is 35.1 Å². The van der Waals surface area contributed by atoms with Crippen molar-refractivity contribution < 1.29 is 48.8 Å². The van der Waals surface area contributed by atoms with E-state index >= 15 is 0 Å². The standard InChI is InChI=1S/2C8H7ClO3.Ru/c2*1-12-7-4-5(9)2-3-6(7)8(10)11;/h2*2-4H,1H3,(H,10,11);/q;;+2/p-2. The Labute approximate surface area is 167 Å². The van der Waals surface area contributed by atoms with E-state index < -0.39 is 11.9 Å². The first-order valence-electron chi connectivity index (χ1n) is 6.40. The van der Waals surface area contributed by atoms with Crippen LogP contribution in [0.25, 0.3) is 0 Å². The number of carbonyl (C=O) groups is 2. The van der Waals surface area contributed by atoms with Crippen molar-refractivity contribution in [2.75, 3.05) is 14.2 Å². The Bertz CT molecular complexity index is 688. The number of carboxylic acids is 2. The minimum atomic E-state index is -1.27. The molecule has 0 atom stereocenters. The molecule has 0 aliphatic carbocycles. The van der Waals surface area contributed by atoms with Crippen LogP contribution < -0.4 is 19.7 Å². The van der Waals surface area contributed by atoms with Crippen molar-refractivity contribution in [2.24, 2.45) is 0 Å². The smallest absolute Gasteiger partial charge is 0.545 e. The molecule has 0 radical (unpaired) electrons. The molecule has 0 saturated carbocycles. The third kappa shape index (κ3) is 6.90. The van der Waals surface area contributed by atoms with Gasteiger partial charge >= 0.3 is 19.5 Å². The van der Waals surface area contributed by atoms with Gasteiger partial charge in [0.15, 0.2) is 0 Å². The number of hydrogen-bond acceptors (Lipinski definition) is 6. The van der Waals surface area contributed by atoms with Crippen LogP contribution in [0.2, 0.25) is 10.0 Å². The van der Waals surface area contributed by atoms with Crippen molar-refractivity contribution in [1.82, 2.24) is 0 Å². The average Bonchev–Trinajstić information content (AvgIpc) is 2.54. The van der Waals surface area contributed by atoms with Gasteiger partial charge in [-0.3, -0.25) is 0 Å². The normalized spacial score (nSPS) is 9.12. The van der Waals surface area contributed by atoms with Gasteiger partial charge in [0.05, 0.1) is 26.2 Å². The predicted octanol–water partition coefficient (Wildman–Crippen LogP) is 1.42. The molecule has 0 spiro atoms. The zero-order valence-corrected chi connectivity index (χ0v) is 16.3. The van der Waals surface area contributed by atoms with Crippen LogP contribution in [0.4, 0.5) is 0 Å². The van der Waals surface area contributed by atoms with Crippen LogP contribution in [0.1, 0.15) is 20.7 Å². The zero-order chi connectivity index (χ0) is 18.3. The van der Waals surface area contributed by atoms with Crippen LogP contribution in [0.5, 0.6) is 11.5 Å². The van der Waals surface area contributed by atoms with Crippen molar-refractivity contribution in [3.05, 3.63) is 57.6 Å². The third-order valence-electron chi connectivity index (χ3n) is 2.77. The van der Waals surface area contributed by atoms with E-state index in [2.05, 4.69) is 0 Å². The molecule has 25 heavy (non-hydrogen) atoms. The number of aromatic carboxylic acids is 2. The summed E-state index contributed by atoms with van der Waals surface area (Å²) in [4.78, 5) is 20.9. The van der Waals surface area contributed by atoms with E-state index in [9.17, 15) is 19.8 Å². The van der Waals surface area contributed by atoms with Gasteiger partial charge in [-0.15, -0.1) is 0 Å². The van der Waals surface area contributed by atoms with Gasteiger partial charge in [-0.1, -0.05) is 23.2 Å². The number of rotatable bonds is 4. The molecule has 0 heterocycles. The summed E-state index contributed by atoms with van der Waals surface area (Å²) in [5, 5.41) is 21.8. The van der Waals surface area contributed by atoms with Gasteiger partial charge in [-0.25, -0.2) is 0 Å². The molecule has 6 nitrogen and oxygen atoms in total. The molecule has 0 unspecified atom stereocenters. The average molecular weight is 472 g/mol. The number of benzene rings is 2. The largest absolute Gasteiger partial charge is 2.00 e. The minimum Gasteiger partial charge on any atom is -0.545 e. The van der Waals surface area contributed by atoms with Crippen LogP contribution in [-0.4, -0.2) is 26.2 Å². The fraction of sp³-hybridized carbons (Fsp3) is 0.125. The Hall–Kier alpha value is -1.82. The number of methoxy groups -OCH3 is 2. The van der Waals surface area contributed by atoms with E-state index in [4.69, 9.17) is 32.7 Å². The quantitative estimate of drug-likeness (QED) is 0.625. The Morgan fingerprint density at radius 2 is 1.12 bits per heavy atom. The molecule has 0 amide bonds. The molecule has 134 valence electrons. The monoisotopic (exact) mass is 472 g/mol. The van der Waals surface area contributed by atoms with Crippen molar-refractivity contribution in [3.8, 4) is 11.5 Å². The Balaban J connectivity index is 0.000000443. The van der Waals surface area contributed by atoms with Crippen molar-refractivity contribution in [2.45, 2.75) is 0 Å². The van der Waals surface area contributed by atoms with Crippen LogP contribution in [0, 0.1) is 0 Å². The molecule has 2 aromatic rings. The van der Waals surface area contributed by atoms with Gasteiger partial charge in [0, 0.05) is 21.2 Å². The summed E-state index contributed by atoms with van der Waals surface area (Å²) >= 11 is 11.2. The Morgan fingerprint density at radius 1 is 0.800 bits per heavy atom. The second-order valence-corrected chi connectivity index (χ2v) is 5.14. The predicted molar refractivity (Wildman–Crippen MR) is 84.7 cm³/mol. The first-order valence-corrected chi connectivity index (χ1v) is 7.15. The number of carbonyl (C=O) groups excluding carboxylic acids is 2. The van der Waals surface area contributed by atoms with Crippen molar-refractivity contribution in [3.63, 3.8) is 0 Å². The van der Waals surface area contributed by atoms with E-state index in [0.29, 0.717) is 10.0 Å². The van der Waals surface area contributed by atoms with Gasteiger partial charge in [0.1, 0.15) is 11.5 Å². The van der Waals surface area contributed by atoms with E-state index in [1.165, 1.54) is 50.6 Å². The van der Waals surface area contributed by atoms with Crippen LogP contribution >= 0.6 is 23.2 Å². The van der Waals surface area contributed by atoms with E-state index in [1.54, 1.807) is 0 Å². The molecule has 9 heteroatoms. The summed E-state index contributed by atoms with van der Waals surface area (Å²) in [7, 11) is 2.75. The van der Waals surface area contributed by atoms with Gasteiger partial charge in [-0.2, -0.15) is 0 Å². The fourth-order valence-corrected chi connectivity index (χ4v) is 1.99. The summed E-state index contributed by atoms with van der Waals surface area (Å²) in [6.45, 7) is 0. The topological polar surface area (TPSA) is 98.7 Å². The third-order valence-corrected chi connectivity index (χ3v) is 3.24. The first kappa shape index (κ1) is 23.2. The molecule has 0 aliphatic rings. The van der Waals surface area contributed by atoms with Crippen molar-refractivity contribution in [1.29, 1.82) is 0 Å². The van der Waals surface area contributed by atoms with Gasteiger partial charge in [-0.05, 0) is 36.4 Å². The van der Waals surface area contributed by atoms with E-state index in [-0.39, 0.29) is 42.1 Å². The molecule has 0 aromatic heterocycles. The van der Waals surface area contributed by atoms with Crippen LogP contribution in [0.3, 0.4) is 0 Å². The SMILES string of the molecule is COc1cc(Cl)ccc1C(=O)[O-].COc1cc(Cl)ccc1C(=O)[O-].[Ru+2]. The second-order valence-electron chi connectivity index (χ2n) is 4.26. The maximum Gasteiger partial charge on any atom is 2.00 e. The first-order chi connectivity index (χ1) is 11.3. The maximum absolute atomic E-state index is 10.5. The molecular weight excluding hydrogens is 460 g/mol. The molecule has 0 N–H and O–H groups in total. The number of halogens is 2. The fourth-order valence-electron chi connectivity index (χ4n) is 1.67. The summed E-state index contributed by atoms with van der Waals surface area (Å²) in [5.41, 5.74) is 0.00352. The molecule has 0 fully saturated rings. The molecule has 2 rings (SSSR count). The van der Waals surface area contributed by atoms with E-state index in [1.807, 2.05) is 0 Å². The maximum atomic E-state index is 10.5. The molecule has 0 bridgehead atoms. The second kappa shape index (κ2) is 10.9. The number of ether oxygens (including phenoxy) is 2. The number of hydrogen-bond donors (Lipinski definition) is 0. The molecule has 2 aromatic carbocycles.